The van der Waals surface area contributed by atoms with Crippen LogP contribution in [0.1, 0.15) is 54.6 Å². The van der Waals surface area contributed by atoms with E-state index in [1.807, 2.05) is 19.1 Å². The molecule has 1 amide bonds. The molecular weight excluding hydrogens is 460 g/mol. The highest BCUT2D eigenvalue weighted by Crippen LogP contribution is 2.28. The molecule has 34 heavy (non-hydrogen) atoms. The van der Waals surface area contributed by atoms with Gasteiger partial charge in [0.1, 0.15) is 0 Å². The molecule has 6 nitrogen and oxygen atoms in total. The lowest BCUT2D eigenvalue weighted by Gasteiger charge is -2.27. The molecular formula is C25H29F2N3O3S. The highest BCUT2D eigenvalue weighted by molar-refractivity contribution is 7.85. The molecule has 0 spiro atoms. The average molecular weight is 490 g/mol. The van der Waals surface area contributed by atoms with Crippen molar-refractivity contribution in [2.75, 3.05) is 23.8 Å². The average Bonchev–Trinajstić information content (AvgIpc) is 3.31. The van der Waals surface area contributed by atoms with E-state index in [2.05, 4.69) is 21.0 Å². The number of ether oxygens (including phenoxy) is 1. The van der Waals surface area contributed by atoms with Crippen molar-refractivity contribution in [2.45, 2.75) is 56.2 Å². The van der Waals surface area contributed by atoms with E-state index in [1.165, 1.54) is 0 Å². The van der Waals surface area contributed by atoms with Crippen molar-refractivity contribution >= 4 is 22.4 Å². The maximum atomic E-state index is 12.9. The number of carbonyl (C=O) groups is 1. The van der Waals surface area contributed by atoms with Crippen LogP contribution in [0, 0.1) is 11.3 Å². The number of hydrogen-bond donors (Lipinski definition) is 1. The van der Waals surface area contributed by atoms with E-state index in [0.717, 1.165) is 30.6 Å². The van der Waals surface area contributed by atoms with Gasteiger partial charge in [-0.15, -0.1) is 0 Å². The summed E-state index contributed by atoms with van der Waals surface area (Å²) in [6.45, 7) is -0.0708. The molecule has 1 unspecified atom stereocenters. The van der Waals surface area contributed by atoms with Crippen LogP contribution in [0.25, 0.3) is 0 Å². The molecule has 2 aromatic rings. The number of anilines is 1. The van der Waals surface area contributed by atoms with E-state index in [0.29, 0.717) is 22.6 Å². The molecule has 1 aliphatic heterocycles. The number of alkyl halides is 2. The molecule has 3 atom stereocenters. The molecule has 9 heteroatoms. The van der Waals surface area contributed by atoms with Crippen molar-refractivity contribution in [2.24, 2.45) is 0 Å². The lowest BCUT2D eigenvalue weighted by atomic mass is 10.0. The summed E-state index contributed by atoms with van der Waals surface area (Å²) >= 11 is 0. The molecule has 1 aliphatic rings. The third-order valence-corrected chi connectivity index (χ3v) is 7.26. The van der Waals surface area contributed by atoms with Crippen molar-refractivity contribution < 1.29 is 22.5 Å². The van der Waals surface area contributed by atoms with Gasteiger partial charge in [0, 0.05) is 34.5 Å². The van der Waals surface area contributed by atoms with Crippen LogP contribution in [0.3, 0.4) is 0 Å². The van der Waals surface area contributed by atoms with Gasteiger partial charge in [-0.1, -0.05) is 19.1 Å². The van der Waals surface area contributed by atoms with Gasteiger partial charge >= 0.3 is 6.61 Å². The van der Waals surface area contributed by atoms with E-state index < -0.39 is 23.5 Å². The molecule has 182 valence electrons. The van der Waals surface area contributed by atoms with Crippen LogP contribution in [-0.2, 0) is 15.5 Å². The molecule has 0 radical (unpaired) electrons. The highest BCUT2D eigenvalue weighted by Gasteiger charge is 2.25. The van der Waals surface area contributed by atoms with Gasteiger partial charge in [-0.05, 0) is 61.2 Å². The number of benzene rings is 2. The number of nitrogens with zero attached hydrogens (tertiary/aromatic N) is 2. The maximum absolute atomic E-state index is 12.9. The zero-order valence-corrected chi connectivity index (χ0v) is 19.9. The van der Waals surface area contributed by atoms with Crippen LogP contribution in [0.2, 0.25) is 0 Å². The Morgan fingerprint density at radius 3 is 2.56 bits per heavy atom. The van der Waals surface area contributed by atoms with Crippen LogP contribution >= 0.6 is 0 Å². The second kappa shape index (κ2) is 12.6. The smallest absolute Gasteiger partial charge is 0.345 e. The molecule has 0 aliphatic carbocycles. The Labute approximate surface area is 201 Å². The van der Waals surface area contributed by atoms with Crippen molar-refractivity contribution in [1.82, 2.24) is 5.32 Å². The first-order chi connectivity index (χ1) is 16.4. The molecule has 0 aromatic heterocycles. The monoisotopic (exact) mass is 489 g/mol. The van der Waals surface area contributed by atoms with E-state index in [1.54, 1.807) is 36.4 Å². The molecule has 2 aromatic carbocycles. The number of nitriles is 1. The first-order valence-corrected chi connectivity index (χ1v) is 12.7. The molecule has 0 saturated carbocycles. The summed E-state index contributed by atoms with van der Waals surface area (Å²) in [5.41, 5.74) is 2.17. The van der Waals surface area contributed by atoms with Gasteiger partial charge in [0.25, 0.3) is 5.91 Å². The quantitative estimate of drug-likeness (QED) is 0.490. The lowest BCUT2D eigenvalue weighted by Crippen LogP contribution is -2.31. The molecule has 0 bridgehead atoms. The van der Waals surface area contributed by atoms with Crippen molar-refractivity contribution in [1.29, 1.82) is 5.26 Å². The van der Waals surface area contributed by atoms with Crippen molar-refractivity contribution in [3.63, 3.8) is 0 Å². The Balaban J connectivity index is 1.64. The molecule has 1 saturated heterocycles. The summed E-state index contributed by atoms with van der Waals surface area (Å²) in [6.07, 6.45) is 2.51. The Morgan fingerprint density at radius 2 is 1.94 bits per heavy atom. The molecule has 3 rings (SSSR count). The summed E-state index contributed by atoms with van der Waals surface area (Å²) in [4.78, 5) is 15.7. The summed E-state index contributed by atoms with van der Waals surface area (Å²) in [6, 6.07) is 16.0. The minimum atomic E-state index is -2.75. The molecule has 1 N–H and O–H groups in total. The third kappa shape index (κ3) is 6.84. The maximum Gasteiger partial charge on any atom is 0.345 e. The summed E-state index contributed by atoms with van der Waals surface area (Å²) in [5.74, 6) is 0.228. The zero-order chi connectivity index (χ0) is 24.5. The summed E-state index contributed by atoms with van der Waals surface area (Å²) < 4.78 is 40.9. The Bertz CT molecular complexity index is 1010. The zero-order valence-electron chi connectivity index (χ0n) is 19.1. The standard InChI is InChI=1S/C25H29F2N3O3S/c1-2-34(32)22-11-7-18(8-12-22)23(13-15-28)29-24(31)19-5-9-21(10-6-19)30-16-3-4-20(30)14-17-33-25(26)27/h5-12,20,23,25H,2-4,13-14,16-17H2,1H3,(H,29,31)/t20-,23-,34?/m0/s1. The normalized spacial score (nSPS) is 17.4. The Hall–Kier alpha value is -2.83. The summed E-state index contributed by atoms with van der Waals surface area (Å²) in [7, 11) is -1.06. The second-order valence-electron chi connectivity index (χ2n) is 8.05. The fraction of sp³-hybridized carbons (Fsp3) is 0.440. The van der Waals surface area contributed by atoms with Gasteiger partial charge in [-0.2, -0.15) is 14.0 Å². The number of halogens is 2. The van der Waals surface area contributed by atoms with Crippen LogP contribution in [0.4, 0.5) is 14.5 Å². The second-order valence-corrected chi connectivity index (χ2v) is 9.79. The van der Waals surface area contributed by atoms with Crippen molar-refractivity contribution in [3.8, 4) is 6.07 Å². The Kier molecular flexibility index (Phi) is 9.54. The van der Waals surface area contributed by atoms with Crippen LogP contribution in [0.15, 0.2) is 53.4 Å². The predicted octanol–water partition coefficient (Wildman–Crippen LogP) is 4.80. The van der Waals surface area contributed by atoms with Gasteiger partial charge in [0.15, 0.2) is 0 Å². The van der Waals surface area contributed by atoms with Gasteiger partial charge < -0.3 is 15.0 Å². The molecule has 1 heterocycles. The van der Waals surface area contributed by atoms with E-state index in [-0.39, 0.29) is 25.0 Å². The number of carbonyl (C=O) groups excluding carboxylic acids is 1. The fourth-order valence-corrected chi connectivity index (χ4v) is 4.95. The van der Waals surface area contributed by atoms with Gasteiger partial charge in [0.05, 0.1) is 35.9 Å². The van der Waals surface area contributed by atoms with Crippen LogP contribution < -0.4 is 10.2 Å². The number of nitrogens with one attached hydrogen (secondary N) is 1. The van der Waals surface area contributed by atoms with Crippen LogP contribution in [-0.4, -0.2) is 41.7 Å². The number of rotatable bonds is 11. The topological polar surface area (TPSA) is 82.4 Å². The van der Waals surface area contributed by atoms with Crippen molar-refractivity contribution in [3.05, 3.63) is 59.7 Å². The first-order valence-electron chi connectivity index (χ1n) is 11.4. The number of amides is 1. The summed E-state index contributed by atoms with van der Waals surface area (Å²) in [5, 5.41) is 12.1. The third-order valence-electron chi connectivity index (χ3n) is 5.94. The number of hydrogen-bond acceptors (Lipinski definition) is 5. The Morgan fingerprint density at radius 1 is 1.24 bits per heavy atom. The SMILES string of the molecule is CCS(=O)c1ccc([C@H](CC#N)NC(=O)c2ccc(N3CCC[C@H]3CCOC(F)F)cc2)cc1. The minimum Gasteiger partial charge on any atom is -0.368 e. The van der Waals surface area contributed by atoms with Gasteiger partial charge in [-0.3, -0.25) is 9.00 Å². The minimum absolute atomic E-state index is 0.00887. The van der Waals surface area contributed by atoms with E-state index in [4.69, 9.17) is 0 Å². The van der Waals surface area contributed by atoms with E-state index in [9.17, 15) is 23.0 Å². The van der Waals surface area contributed by atoms with Crippen LogP contribution in [0.5, 0.6) is 0 Å². The van der Waals surface area contributed by atoms with Gasteiger partial charge in [-0.25, -0.2) is 0 Å². The fourth-order valence-electron chi connectivity index (χ4n) is 4.18. The highest BCUT2D eigenvalue weighted by atomic mass is 32.2. The van der Waals surface area contributed by atoms with Gasteiger partial charge in [0.2, 0.25) is 0 Å². The largest absolute Gasteiger partial charge is 0.368 e. The first kappa shape index (κ1) is 25.8. The van der Waals surface area contributed by atoms with E-state index >= 15 is 0 Å². The predicted molar refractivity (Wildman–Crippen MR) is 127 cm³/mol. The lowest BCUT2D eigenvalue weighted by molar-refractivity contribution is -0.129. The molecule has 1 fully saturated rings.